The number of nitrogens with zero attached hydrogens (tertiary/aromatic N) is 3. The van der Waals surface area contributed by atoms with Crippen LogP contribution in [0, 0.1) is 0 Å². The van der Waals surface area contributed by atoms with E-state index in [-0.39, 0.29) is 17.2 Å². The molecule has 1 aliphatic rings. The molecule has 0 saturated carbocycles. The van der Waals surface area contributed by atoms with Crippen LogP contribution in [0.1, 0.15) is 60.9 Å². The molecule has 1 aromatic carbocycles. The second-order valence-electron chi connectivity index (χ2n) is 7.19. The summed E-state index contributed by atoms with van der Waals surface area (Å²) in [7, 11) is 0. The molecule has 3 rings (SSSR count). The summed E-state index contributed by atoms with van der Waals surface area (Å²) < 4.78 is 6.91. The number of amides is 3. The summed E-state index contributed by atoms with van der Waals surface area (Å²) in [5, 5.41) is 6.88. The van der Waals surface area contributed by atoms with E-state index in [4.69, 9.17) is 4.74 Å². The number of anilines is 1. The number of aromatic nitrogens is 2. The number of carbonyl (C=O) groups is 4. The van der Waals surface area contributed by atoms with Crippen molar-refractivity contribution in [3.8, 4) is 0 Å². The van der Waals surface area contributed by atoms with E-state index in [1.54, 1.807) is 29.1 Å². The molecule has 0 bridgehead atoms. The minimum atomic E-state index is -1.17. The van der Waals surface area contributed by atoms with Gasteiger partial charge in [0.2, 0.25) is 0 Å². The molecule has 3 amide bonds. The molecule has 0 spiro atoms. The van der Waals surface area contributed by atoms with E-state index in [1.807, 2.05) is 13.8 Å². The maximum atomic E-state index is 12.5. The van der Waals surface area contributed by atoms with E-state index >= 15 is 0 Å². The summed E-state index contributed by atoms with van der Waals surface area (Å²) in [6, 6.07) is 6.93. The van der Waals surface area contributed by atoms with Crippen molar-refractivity contribution >= 4 is 29.5 Å². The van der Waals surface area contributed by atoms with Gasteiger partial charge in [0, 0.05) is 6.07 Å². The van der Waals surface area contributed by atoms with Crippen molar-refractivity contribution in [2.24, 2.45) is 0 Å². The van der Waals surface area contributed by atoms with Gasteiger partial charge in [-0.25, -0.2) is 9.48 Å². The maximum absolute atomic E-state index is 12.5. The van der Waals surface area contributed by atoms with Crippen LogP contribution < -0.4 is 5.32 Å². The molecule has 1 aliphatic heterocycles. The van der Waals surface area contributed by atoms with Crippen molar-refractivity contribution in [3.05, 3.63) is 47.7 Å². The Balaban J connectivity index is 1.64. The Labute approximate surface area is 174 Å². The average Bonchev–Trinajstić information content (AvgIpc) is 3.29. The lowest BCUT2D eigenvalue weighted by Gasteiger charge is -2.23. The third-order valence-electron chi connectivity index (χ3n) is 5.15. The van der Waals surface area contributed by atoms with Crippen LogP contribution in [0.5, 0.6) is 0 Å². The first-order chi connectivity index (χ1) is 14.3. The predicted molar refractivity (Wildman–Crippen MR) is 108 cm³/mol. The number of fused-ring (bicyclic) bond motifs is 1. The zero-order valence-electron chi connectivity index (χ0n) is 17.3. The van der Waals surface area contributed by atoms with Gasteiger partial charge >= 0.3 is 5.97 Å². The van der Waals surface area contributed by atoms with Crippen LogP contribution in [0.25, 0.3) is 0 Å². The Hall–Kier alpha value is -3.49. The molecule has 158 valence electrons. The Morgan fingerprint density at radius 2 is 1.67 bits per heavy atom. The van der Waals surface area contributed by atoms with Crippen LogP contribution in [0.15, 0.2) is 36.5 Å². The summed E-state index contributed by atoms with van der Waals surface area (Å²) in [5.41, 5.74) is 0.484. The number of ether oxygens (including phenoxy) is 1. The molecular weight excluding hydrogens is 388 g/mol. The van der Waals surface area contributed by atoms with Crippen molar-refractivity contribution in [2.45, 2.75) is 52.3 Å². The Morgan fingerprint density at radius 1 is 1.07 bits per heavy atom. The van der Waals surface area contributed by atoms with Crippen molar-refractivity contribution in [1.29, 1.82) is 0 Å². The van der Waals surface area contributed by atoms with Crippen LogP contribution in [-0.2, 0) is 14.3 Å². The zero-order chi connectivity index (χ0) is 22.0. The van der Waals surface area contributed by atoms with E-state index in [0.29, 0.717) is 5.82 Å². The minimum Gasteiger partial charge on any atom is -0.451 e. The molecule has 0 aliphatic carbocycles. The second kappa shape index (κ2) is 8.48. The second-order valence-corrected chi connectivity index (χ2v) is 7.19. The lowest BCUT2D eigenvalue weighted by Crippen LogP contribution is -2.45. The number of hydrogen-bond acceptors (Lipinski definition) is 6. The van der Waals surface area contributed by atoms with Gasteiger partial charge in [-0.2, -0.15) is 5.10 Å². The van der Waals surface area contributed by atoms with Crippen molar-refractivity contribution < 1.29 is 23.9 Å². The highest BCUT2D eigenvalue weighted by Gasteiger charge is 2.41. The summed E-state index contributed by atoms with van der Waals surface area (Å²) in [6.07, 6.45) is 1.27. The molecule has 0 saturated heterocycles. The maximum Gasteiger partial charge on any atom is 0.329 e. The van der Waals surface area contributed by atoms with E-state index in [0.717, 1.165) is 11.3 Å². The molecule has 0 radical (unpaired) electrons. The number of nitrogens with one attached hydrogen (secondary N) is 1. The number of benzene rings is 1. The Bertz CT molecular complexity index is 964. The fraction of sp³-hybridized carbons (Fsp3) is 0.381. The Morgan fingerprint density at radius 3 is 2.23 bits per heavy atom. The van der Waals surface area contributed by atoms with Crippen LogP contribution in [-0.4, -0.2) is 50.5 Å². The molecule has 9 heteroatoms. The number of hydrogen-bond donors (Lipinski definition) is 1. The summed E-state index contributed by atoms with van der Waals surface area (Å²) in [6.45, 7) is 6.79. The molecular formula is C21H24N4O5. The standard InChI is InChI=1S/C21H24N4O5/c1-5-12(2)25-17(10-11-22-25)23-18(26)14(4)30-21(29)13(3)24-19(27)15-8-6-7-9-16(15)20(24)28/h6-14H,5H2,1-4H3,(H,23,26)/t12-,13+,14+/m0/s1. The third kappa shape index (κ3) is 3.83. The SMILES string of the molecule is CC[C@H](C)n1nccc1NC(=O)[C@@H](C)OC(=O)[C@@H](C)N1C(=O)c2ccccc2C1=O. The molecule has 0 fully saturated rings. The predicted octanol–water partition coefficient (Wildman–Crippen LogP) is 2.41. The van der Waals surface area contributed by atoms with E-state index in [2.05, 4.69) is 10.4 Å². The number of carbonyl (C=O) groups excluding carboxylic acids is 4. The molecule has 9 nitrogen and oxygen atoms in total. The third-order valence-corrected chi connectivity index (χ3v) is 5.15. The molecule has 1 N–H and O–H groups in total. The molecule has 0 unspecified atom stereocenters. The fourth-order valence-corrected chi connectivity index (χ4v) is 3.16. The smallest absolute Gasteiger partial charge is 0.329 e. The van der Waals surface area contributed by atoms with E-state index in [1.165, 1.54) is 26.0 Å². The molecule has 30 heavy (non-hydrogen) atoms. The van der Waals surface area contributed by atoms with Crippen LogP contribution >= 0.6 is 0 Å². The lowest BCUT2D eigenvalue weighted by atomic mass is 10.1. The molecule has 1 aromatic heterocycles. The molecule has 3 atom stereocenters. The quantitative estimate of drug-likeness (QED) is 0.552. The minimum absolute atomic E-state index is 0.0852. The highest BCUT2D eigenvalue weighted by Crippen LogP contribution is 2.25. The van der Waals surface area contributed by atoms with Gasteiger partial charge in [-0.3, -0.25) is 19.3 Å². The number of esters is 1. The average molecular weight is 412 g/mol. The van der Waals surface area contributed by atoms with Crippen molar-refractivity contribution in [1.82, 2.24) is 14.7 Å². The summed E-state index contributed by atoms with van der Waals surface area (Å²) in [4.78, 5) is 50.9. The summed E-state index contributed by atoms with van der Waals surface area (Å²) in [5.74, 6) is -2.01. The van der Waals surface area contributed by atoms with Gasteiger partial charge < -0.3 is 10.1 Å². The van der Waals surface area contributed by atoms with Crippen LogP contribution in [0.2, 0.25) is 0 Å². The highest BCUT2D eigenvalue weighted by atomic mass is 16.5. The monoisotopic (exact) mass is 412 g/mol. The van der Waals surface area contributed by atoms with Crippen molar-refractivity contribution in [2.75, 3.05) is 5.32 Å². The van der Waals surface area contributed by atoms with E-state index < -0.39 is 35.8 Å². The summed E-state index contributed by atoms with van der Waals surface area (Å²) >= 11 is 0. The molecule has 2 heterocycles. The van der Waals surface area contributed by atoms with Gasteiger partial charge in [0.15, 0.2) is 6.10 Å². The van der Waals surface area contributed by atoms with Gasteiger partial charge in [-0.05, 0) is 39.3 Å². The van der Waals surface area contributed by atoms with Crippen molar-refractivity contribution in [3.63, 3.8) is 0 Å². The van der Waals surface area contributed by atoms with Gasteiger partial charge in [-0.15, -0.1) is 0 Å². The number of imide groups is 1. The topological polar surface area (TPSA) is 111 Å². The Kier molecular flexibility index (Phi) is 6.00. The fourth-order valence-electron chi connectivity index (χ4n) is 3.16. The van der Waals surface area contributed by atoms with Gasteiger partial charge in [-0.1, -0.05) is 19.1 Å². The first-order valence-corrected chi connectivity index (χ1v) is 9.78. The first-order valence-electron chi connectivity index (χ1n) is 9.78. The number of rotatable bonds is 7. The van der Waals surface area contributed by atoms with Gasteiger partial charge in [0.25, 0.3) is 17.7 Å². The zero-order valence-corrected chi connectivity index (χ0v) is 17.3. The normalized spacial score (nSPS) is 16.1. The van der Waals surface area contributed by atoms with Gasteiger partial charge in [0.1, 0.15) is 11.9 Å². The van der Waals surface area contributed by atoms with Crippen LogP contribution in [0.3, 0.4) is 0 Å². The first kappa shape index (κ1) is 21.2. The lowest BCUT2D eigenvalue weighted by molar-refractivity contribution is -0.156. The highest BCUT2D eigenvalue weighted by molar-refractivity contribution is 6.22. The molecule has 2 aromatic rings. The van der Waals surface area contributed by atoms with Gasteiger partial charge in [0.05, 0.1) is 23.4 Å². The van der Waals surface area contributed by atoms with Crippen LogP contribution in [0.4, 0.5) is 5.82 Å². The van der Waals surface area contributed by atoms with E-state index in [9.17, 15) is 19.2 Å². The largest absolute Gasteiger partial charge is 0.451 e.